The predicted octanol–water partition coefficient (Wildman–Crippen LogP) is 4.09. The van der Waals surface area contributed by atoms with Crippen LogP contribution in [0.3, 0.4) is 0 Å². The number of fused-ring (bicyclic) bond motifs is 1. The Labute approximate surface area is 127 Å². The third-order valence-electron chi connectivity index (χ3n) is 3.40. The van der Waals surface area contributed by atoms with Gasteiger partial charge in [0.25, 0.3) is 0 Å². The van der Waals surface area contributed by atoms with E-state index in [1.165, 1.54) is 16.9 Å². The summed E-state index contributed by atoms with van der Waals surface area (Å²) in [5.41, 5.74) is 4.29. The molecule has 0 radical (unpaired) electrons. The SMILES string of the molecule is Cc1ccc(C)c(CC(=O)Nc2nc3ccccc3s2)c1. The van der Waals surface area contributed by atoms with Crippen LogP contribution in [0.15, 0.2) is 42.5 Å². The Morgan fingerprint density at radius 2 is 2.00 bits per heavy atom. The largest absolute Gasteiger partial charge is 0.302 e. The van der Waals surface area contributed by atoms with E-state index in [2.05, 4.69) is 28.5 Å². The fourth-order valence-electron chi connectivity index (χ4n) is 2.25. The monoisotopic (exact) mass is 296 g/mol. The van der Waals surface area contributed by atoms with Crippen LogP contribution in [-0.4, -0.2) is 10.9 Å². The molecule has 1 amide bonds. The Kier molecular flexibility index (Phi) is 3.71. The Hall–Kier alpha value is -2.20. The van der Waals surface area contributed by atoms with Crippen molar-refractivity contribution in [1.82, 2.24) is 4.98 Å². The molecule has 106 valence electrons. The molecule has 0 saturated carbocycles. The van der Waals surface area contributed by atoms with E-state index < -0.39 is 0 Å². The number of thiazole rings is 1. The molecule has 0 aliphatic rings. The molecule has 4 heteroatoms. The molecule has 1 heterocycles. The van der Waals surface area contributed by atoms with Crippen LogP contribution in [0.2, 0.25) is 0 Å². The second-order valence-corrected chi connectivity index (χ2v) is 6.17. The van der Waals surface area contributed by atoms with E-state index in [0.717, 1.165) is 21.3 Å². The van der Waals surface area contributed by atoms with Crippen molar-refractivity contribution in [3.63, 3.8) is 0 Å². The van der Waals surface area contributed by atoms with Crippen LogP contribution >= 0.6 is 11.3 Å². The minimum absolute atomic E-state index is 0.0252. The number of nitrogens with one attached hydrogen (secondary N) is 1. The maximum atomic E-state index is 12.2. The number of carbonyl (C=O) groups is 1. The zero-order chi connectivity index (χ0) is 14.8. The van der Waals surface area contributed by atoms with Crippen molar-refractivity contribution < 1.29 is 4.79 Å². The number of aromatic nitrogens is 1. The molecule has 3 nitrogen and oxygen atoms in total. The first-order valence-electron chi connectivity index (χ1n) is 6.83. The summed E-state index contributed by atoms with van der Waals surface area (Å²) in [6.07, 6.45) is 0.378. The van der Waals surface area contributed by atoms with Crippen molar-refractivity contribution in [1.29, 1.82) is 0 Å². The first kappa shape index (κ1) is 13.8. The standard InChI is InChI=1S/C17H16N2OS/c1-11-7-8-12(2)13(9-11)10-16(20)19-17-18-14-5-3-4-6-15(14)21-17/h3-9H,10H2,1-2H3,(H,18,19,20). The summed E-state index contributed by atoms with van der Waals surface area (Å²) >= 11 is 1.50. The number of para-hydroxylation sites is 1. The van der Waals surface area contributed by atoms with E-state index in [1.54, 1.807) is 0 Å². The third-order valence-corrected chi connectivity index (χ3v) is 4.35. The summed E-state index contributed by atoms with van der Waals surface area (Å²) in [6.45, 7) is 4.06. The van der Waals surface area contributed by atoms with E-state index in [1.807, 2.05) is 38.1 Å². The number of rotatable bonds is 3. The van der Waals surface area contributed by atoms with E-state index in [4.69, 9.17) is 0 Å². The van der Waals surface area contributed by atoms with Gasteiger partial charge < -0.3 is 5.32 Å². The van der Waals surface area contributed by atoms with Gasteiger partial charge in [-0.15, -0.1) is 0 Å². The van der Waals surface area contributed by atoms with Crippen LogP contribution in [0.5, 0.6) is 0 Å². The zero-order valence-corrected chi connectivity index (χ0v) is 12.8. The maximum absolute atomic E-state index is 12.2. The molecule has 0 unspecified atom stereocenters. The van der Waals surface area contributed by atoms with E-state index >= 15 is 0 Å². The summed E-state index contributed by atoms with van der Waals surface area (Å²) in [5, 5.41) is 3.55. The van der Waals surface area contributed by atoms with Crippen LogP contribution in [0.25, 0.3) is 10.2 Å². The molecule has 3 aromatic rings. The zero-order valence-electron chi connectivity index (χ0n) is 12.0. The summed E-state index contributed by atoms with van der Waals surface area (Å²) in [6, 6.07) is 14.1. The Morgan fingerprint density at radius 3 is 2.81 bits per heavy atom. The topological polar surface area (TPSA) is 42.0 Å². The number of anilines is 1. The van der Waals surface area contributed by atoms with Gasteiger partial charge in [-0.2, -0.15) is 0 Å². The molecule has 1 aromatic heterocycles. The number of nitrogens with zero attached hydrogens (tertiary/aromatic N) is 1. The average Bonchev–Trinajstić information content (AvgIpc) is 2.84. The first-order chi connectivity index (χ1) is 10.1. The maximum Gasteiger partial charge on any atom is 0.230 e. The van der Waals surface area contributed by atoms with E-state index in [0.29, 0.717) is 11.6 Å². The normalized spacial score (nSPS) is 10.8. The number of carbonyl (C=O) groups excluding carboxylic acids is 1. The smallest absolute Gasteiger partial charge is 0.230 e. The third kappa shape index (κ3) is 3.11. The van der Waals surface area contributed by atoms with Crippen molar-refractivity contribution in [2.75, 3.05) is 5.32 Å². The number of aryl methyl sites for hydroxylation is 2. The van der Waals surface area contributed by atoms with Crippen LogP contribution in [0.1, 0.15) is 16.7 Å². The first-order valence-corrected chi connectivity index (χ1v) is 7.65. The molecule has 0 bridgehead atoms. The number of amides is 1. The molecule has 0 aliphatic carbocycles. The van der Waals surface area contributed by atoms with Gasteiger partial charge in [0.05, 0.1) is 16.6 Å². The van der Waals surface area contributed by atoms with Gasteiger partial charge in [-0.25, -0.2) is 4.98 Å². The van der Waals surface area contributed by atoms with Crippen LogP contribution < -0.4 is 5.32 Å². The Bertz CT molecular complexity index is 774. The molecular weight excluding hydrogens is 280 g/mol. The lowest BCUT2D eigenvalue weighted by molar-refractivity contribution is -0.115. The summed E-state index contributed by atoms with van der Waals surface area (Å²) < 4.78 is 1.08. The Balaban J connectivity index is 1.75. The molecule has 2 aromatic carbocycles. The van der Waals surface area contributed by atoms with Gasteiger partial charge in [0, 0.05) is 0 Å². The van der Waals surface area contributed by atoms with E-state index in [9.17, 15) is 4.79 Å². The highest BCUT2D eigenvalue weighted by Gasteiger charge is 2.09. The average molecular weight is 296 g/mol. The molecule has 1 N–H and O–H groups in total. The van der Waals surface area contributed by atoms with Crippen molar-refractivity contribution in [2.45, 2.75) is 20.3 Å². The van der Waals surface area contributed by atoms with Crippen LogP contribution in [0, 0.1) is 13.8 Å². The van der Waals surface area contributed by atoms with Gasteiger partial charge in [0.1, 0.15) is 0 Å². The summed E-state index contributed by atoms with van der Waals surface area (Å²) in [7, 11) is 0. The summed E-state index contributed by atoms with van der Waals surface area (Å²) in [5.74, 6) is -0.0252. The molecule has 0 fully saturated rings. The van der Waals surface area contributed by atoms with Crippen molar-refractivity contribution in [3.8, 4) is 0 Å². The van der Waals surface area contributed by atoms with E-state index in [-0.39, 0.29) is 5.91 Å². The highest BCUT2D eigenvalue weighted by molar-refractivity contribution is 7.22. The lowest BCUT2D eigenvalue weighted by atomic mass is 10.0. The molecular formula is C17H16N2OS. The molecule has 0 atom stereocenters. The molecule has 0 spiro atoms. The summed E-state index contributed by atoms with van der Waals surface area (Å²) in [4.78, 5) is 16.6. The van der Waals surface area contributed by atoms with Crippen LogP contribution in [0.4, 0.5) is 5.13 Å². The minimum atomic E-state index is -0.0252. The molecule has 21 heavy (non-hydrogen) atoms. The van der Waals surface area contributed by atoms with Gasteiger partial charge in [0.15, 0.2) is 5.13 Å². The van der Waals surface area contributed by atoms with Crippen molar-refractivity contribution in [3.05, 3.63) is 59.2 Å². The molecule has 0 aliphatic heterocycles. The highest BCUT2D eigenvalue weighted by Crippen LogP contribution is 2.25. The second-order valence-electron chi connectivity index (χ2n) is 5.14. The lowest BCUT2D eigenvalue weighted by Crippen LogP contribution is -2.14. The quantitative estimate of drug-likeness (QED) is 0.791. The fraction of sp³-hybridized carbons (Fsp3) is 0.176. The van der Waals surface area contributed by atoms with Crippen LogP contribution in [-0.2, 0) is 11.2 Å². The van der Waals surface area contributed by atoms with Crippen molar-refractivity contribution in [2.24, 2.45) is 0 Å². The second kappa shape index (κ2) is 5.66. The van der Waals surface area contributed by atoms with Gasteiger partial charge in [-0.1, -0.05) is 47.2 Å². The predicted molar refractivity (Wildman–Crippen MR) is 87.9 cm³/mol. The minimum Gasteiger partial charge on any atom is -0.302 e. The Morgan fingerprint density at radius 1 is 1.19 bits per heavy atom. The fourth-order valence-corrected chi connectivity index (χ4v) is 3.13. The highest BCUT2D eigenvalue weighted by atomic mass is 32.1. The van der Waals surface area contributed by atoms with Gasteiger partial charge in [0.2, 0.25) is 5.91 Å². The van der Waals surface area contributed by atoms with Gasteiger partial charge in [-0.3, -0.25) is 4.79 Å². The number of hydrogen-bond acceptors (Lipinski definition) is 3. The number of hydrogen-bond donors (Lipinski definition) is 1. The lowest BCUT2D eigenvalue weighted by Gasteiger charge is -2.06. The van der Waals surface area contributed by atoms with Gasteiger partial charge >= 0.3 is 0 Å². The molecule has 0 saturated heterocycles. The van der Waals surface area contributed by atoms with Crippen molar-refractivity contribution >= 4 is 32.6 Å². The van der Waals surface area contributed by atoms with Gasteiger partial charge in [-0.05, 0) is 37.1 Å². The number of benzene rings is 2. The molecule has 3 rings (SSSR count).